The summed E-state index contributed by atoms with van der Waals surface area (Å²) in [5.74, 6) is 0.600. The van der Waals surface area contributed by atoms with Gasteiger partial charge in [0.25, 0.3) is 0 Å². The first-order chi connectivity index (χ1) is 9.79. The summed E-state index contributed by atoms with van der Waals surface area (Å²) in [7, 11) is 0. The second kappa shape index (κ2) is 5.15. The number of likely N-dealkylation sites (N-methyl/N-ethyl adjacent to an activating group) is 1. The SMILES string of the molecule is CCNC(C)C12CC(c3ccccc31)c1ccccc12.Cl. The van der Waals surface area contributed by atoms with E-state index >= 15 is 0 Å². The molecule has 2 aliphatic rings. The number of hydrogen-bond donors (Lipinski definition) is 1. The molecule has 2 aliphatic carbocycles. The highest BCUT2D eigenvalue weighted by Gasteiger charge is 2.54. The molecule has 1 atom stereocenters. The molecule has 1 nitrogen and oxygen atoms in total. The molecule has 0 fully saturated rings. The van der Waals surface area contributed by atoms with Crippen molar-refractivity contribution in [2.45, 2.75) is 37.6 Å². The molecule has 0 heterocycles. The highest BCUT2D eigenvalue weighted by molar-refractivity contribution is 5.85. The summed E-state index contributed by atoms with van der Waals surface area (Å²) in [5.41, 5.74) is 6.38. The van der Waals surface area contributed by atoms with E-state index in [1.807, 2.05) is 0 Å². The Hall–Kier alpha value is -1.31. The number of rotatable bonds is 3. The van der Waals surface area contributed by atoms with Crippen LogP contribution in [0.5, 0.6) is 0 Å². The van der Waals surface area contributed by atoms with Gasteiger partial charge < -0.3 is 5.32 Å². The minimum absolute atomic E-state index is 0. The van der Waals surface area contributed by atoms with Crippen LogP contribution >= 0.6 is 12.4 Å². The first-order valence-corrected chi connectivity index (χ1v) is 7.71. The van der Waals surface area contributed by atoms with Crippen LogP contribution < -0.4 is 5.32 Å². The lowest BCUT2D eigenvalue weighted by Gasteiger charge is -2.37. The summed E-state index contributed by atoms with van der Waals surface area (Å²) in [6.07, 6.45) is 1.24. The summed E-state index contributed by atoms with van der Waals surface area (Å²) in [6.45, 7) is 5.58. The molecule has 2 aromatic carbocycles. The van der Waals surface area contributed by atoms with E-state index in [0.29, 0.717) is 12.0 Å². The summed E-state index contributed by atoms with van der Waals surface area (Å²) >= 11 is 0. The van der Waals surface area contributed by atoms with Crippen LogP contribution in [-0.4, -0.2) is 12.6 Å². The summed E-state index contributed by atoms with van der Waals surface area (Å²) in [5, 5.41) is 3.69. The van der Waals surface area contributed by atoms with Crippen LogP contribution in [0, 0.1) is 0 Å². The van der Waals surface area contributed by atoms with Gasteiger partial charge in [0.05, 0.1) is 0 Å². The fraction of sp³-hybridized carbons (Fsp3) is 0.368. The van der Waals surface area contributed by atoms with Crippen molar-refractivity contribution in [3.8, 4) is 0 Å². The van der Waals surface area contributed by atoms with Crippen LogP contribution in [0.25, 0.3) is 0 Å². The third-order valence-corrected chi connectivity index (χ3v) is 5.41. The maximum Gasteiger partial charge on any atom is 0.0368 e. The molecule has 0 saturated carbocycles. The summed E-state index contributed by atoms with van der Waals surface area (Å²) in [4.78, 5) is 0. The quantitative estimate of drug-likeness (QED) is 0.894. The highest BCUT2D eigenvalue weighted by atomic mass is 35.5. The minimum Gasteiger partial charge on any atom is -0.313 e. The Balaban J connectivity index is 0.00000132. The van der Waals surface area contributed by atoms with Gasteiger partial charge >= 0.3 is 0 Å². The topological polar surface area (TPSA) is 12.0 Å². The van der Waals surface area contributed by atoms with Gasteiger partial charge in [-0.2, -0.15) is 0 Å². The Bertz CT molecular complexity index is 617. The van der Waals surface area contributed by atoms with Crippen molar-refractivity contribution >= 4 is 12.4 Å². The van der Waals surface area contributed by atoms with Gasteiger partial charge in [-0.3, -0.25) is 0 Å². The van der Waals surface area contributed by atoms with Crippen molar-refractivity contribution < 1.29 is 0 Å². The predicted molar refractivity (Wildman–Crippen MR) is 90.5 cm³/mol. The summed E-state index contributed by atoms with van der Waals surface area (Å²) < 4.78 is 0. The van der Waals surface area contributed by atoms with Gasteiger partial charge in [0.2, 0.25) is 0 Å². The molecule has 2 bridgehead atoms. The largest absolute Gasteiger partial charge is 0.313 e. The molecule has 0 aliphatic heterocycles. The Kier molecular flexibility index (Phi) is 3.59. The van der Waals surface area contributed by atoms with Gasteiger partial charge in [0.15, 0.2) is 0 Å². The van der Waals surface area contributed by atoms with Crippen LogP contribution in [-0.2, 0) is 5.41 Å². The average molecular weight is 300 g/mol. The Morgan fingerprint density at radius 1 is 1.05 bits per heavy atom. The molecular weight excluding hydrogens is 278 g/mol. The molecule has 2 aromatic rings. The van der Waals surface area contributed by atoms with Crippen molar-refractivity contribution in [1.82, 2.24) is 5.32 Å². The second-order valence-corrected chi connectivity index (χ2v) is 6.18. The van der Waals surface area contributed by atoms with E-state index in [1.165, 1.54) is 6.42 Å². The van der Waals surface area contributed by atoms with E-state index in [9.17, 15) is 0 Å². The lowest BCUT2D eigenvalue weighted by Crippen LogP contribution is -2.45. The van der Waals surface area contributed by atoms with Gasteiger partial charge in [-0.25, -0.2) is 0 Å². The van der Waals surface area contributed by atoms with Crippen LogP contribution in [0.1, 0.15) is 48.4 Å². The normalized spacial score (nSPS) is 25.9. The number of fused-ring (bicyclic) bond motifs is 8. The molecule has 110 valence electrons. The van der Waals surface area contributed by atoms with Gasteiger partial charge in [-0.15, -0.1) is 12.4 Å². The van der Waals surface area contributed by atoms with Crippen LogP contribution in [0.3, 0.4) is 0 Å². The molecule has 0 aromatic heterocycles. The van der Waals surface area contributed by atoms with E-state index < -0.39 is 0 Å². The maximum absolute atomic E-state index is 3.69. The van der Waals surface area contributed by atoms with Crippen molar-refractivity contribution in [3.63, 3.8) is 0 Å². The van der Waals surface area contributed by atoms with E-state index in [4.69, 9.17) is 0 Å². The molecule has 1 N–H and O–H groups in total. The molecule has 0 spiro atoms. The number of benzene rings is 2. The molecule has 21 heavy (non-hydrogen) atoms. The van der Waals surface area contributed by atoms with E-state index in [1.54, 1.807) is 22.3 Å². The van der Waals surface area contributed by atoms with Gasteiger partial charge in [-0.05, 0) is 42.1 Å². The average Bonchev–Trinajstić information content (AvgIpc) is 3.01. The standard InChI is InChI=1S/C19H21N.ClH/c1-3-20-13(2)19-12-16(14-8-4-6-10-17(14)19)15-9-5-7-11-18(15)19;/h4-11,13,16,20H,3,12H2,1-2H3;1H. The molecule has 0 saturated heterocycles. The van der Waals surface area contributed by atoms with Crippen LogP contribution in [0.4, 0.5) is 0 Å². The van der Waals surface area contributed by atoms with Crippen LogP contribution in [0.2, 0.25) is 0 Å². The zero-order valence-corrected chi connectivity index (χ0v) is 13.4. The van der Waals surface area contributed by atoms with Gasteiger partial charge in [0, 0.05) is 17.4 Å². The number of hydrogen-bond acceptors (Lipinski definition) is 1. The molecular formula is C19H22ClN. The zero-order valence-electron chi connectivity index (χ0n) is 12.6. The fourth-order valence-electron chi connectivity index (χ4n) is 4.61. The van der Waals surface area contributed by atoms with Crippen molar-refractivity contribution in [2.24, 2.45) is 0 Å². The molecule has 0 amide bonds. The van der Waals surface area contributed by atoms with Gasteiger partial charge in [0.1, 0.15) is 0 Å². The summed E-state index contributed by atoms with van der Waals surface area (Å²) in [6, 6.07) is 18.6. The monoisotopic (exact) mass is 299 g/mol. The molecule has 2 heteroatoms. The van der Waals surface area contributed by atoms with Crippen molar-refractivity contribution in [1.29, 1.82) is 0 Å². The number of halogens is 1. The molecule has 4 rings (SSSR count). The minimum atomic E-state index is 0. The highest BCUT2D eigenvalue weighted by Crippen LogP contribution is 2.61. The Labute approximate surface area is 133 Å². The van der Waals surface area contributed by atoms with Crippen LogP contribution in [0.15, 0.2) is 48.5 Å². The van der Waals surface area contributed by atoms with Crippen molar-refractivity contribution in [2.75, 3.05) is 6.54 Å². The first-order valence-electron chi connectivity index (χ1n) is 7.71. The van der Waals surface area contributed by atoms with Crippen molar-refractivity contribution in [3.05, 3.63) is 70.8 Å². The first kappa shape index (κ1) is 14.6. The predicted octanol–water partition coefficient (Wildman–Crippen LogP) is 4.24. The lowest BCUT2D eigenvalue weighted by molar-refractivity contribution is 0.377. The molecule has 0 radical (unpaired) electrons. The Morgan fingerprint density at radius 3 is 2.10 bits per heavy atom. The van der Waals surface area contributed by atoms with Gasteiger partial charge in [-0.1, -0.05) is 55.5 Å². The third-order valence-electron chi connectivity index (χ3n) is 5.41. The smallest absolute Gasteiger partial charge is 0.0368 e. The number of nitrogens with one attached hydrogen (secondary N) is 1. The zero-order chi connectivity index (χ0) is 13.7. The lowest BCUT2D eigenvalue weighted by atomic mass is 9.70. The van der Waals surface area contributed by atoms with E-state index in [0.717, 1.165) is 6.54 Å². The van der Waals surface area contributed by atoms with E-state index in [2.05, 4.69) is 67.7 Å². The Morgan fingerprint density at radius 2 is 1.57 bits per heavy atom. The third kappa shape index (κ3) is 1.74. The van der Waals surface area contributed by atoms with E-state index in [-0.39, 0.29) is 17.8 Å². The fourth-order valence-corrected chi connectivity index (χ4v) is 4.61. The second-order valence-electron chi connectivity index (χ2n) is 6.18. The molecule has 1 unspecified atom stereocenters. The maximum atomic E-state index is 3.69.